The molecular weight excluding hydrogens is 379 g/mol. The quantitative estimate of drug-likeness (QED) is 0.799. The number of benzene rings is 1. The first-order chi connectivity index (χ1) is 13.1. The Morgan fingerprint density at radius 1 is 1.32 bits per heavy atom. The monoisotopic (exact) mass is 397 g/mol. The molecule has 1 saturated carbocycles. The van der Waals surface area contributed by atoms with E-state index in [-0.39, 0.29) is 35.4 Å². The average molecular weight is 397 g/mol. The summed E-state index contributed by atoms with van der Waals surface area (Å²) in [4.78, 5) is 25.1. The van der Waals surface area contributed by atoms with Crippen LogP contribution < -0.4 is 4.74 Å². The molecule has 1 fully saturated rings. The van der Waals surface area contributed by atoms with Gasteiger partial charge in [-0.05, 0) is 37.0 Å². The van der Waals surface area contributed by atoms with Crippen LogP contribution in [0.3, 0.4) is 0 Å². The van der Waals surface area contributed by atoms with Gasteiger partial charge in [-0.15, -0.1) is 13.2 Å². The third-order valence-corrected chi connectivity index (χ3v) is 4.62. The molecule has 28 heavy (non-hydrogen) atoms. The third-order valence-electron chi connectivity index (χ3n) is 4.62. The highest BCUT2D eigenvalue weighted by Crippen LogP contribution is 2.51. The average Bonchev–Trinajstić information content (AvgIpc) is 3.29. The predicted molar refractivity (Wildman–Crippen MR) is 90.9 cm³/mol. The van der Waals surface area contributed by atoms with E-state index in [1.54, 1.807) is 6.07 Å². The van der Waals surface area contributed by atoms with Gasteiger partial charge >= 0.3 is 12.3 Å². The molecule has 2 aromatic rings. The Labute approximate surface area is 158 Å². The summed E-state index contributed by atoms with van der Waals surface area (Å²) in [5, 5.41) is 9.06. The fourth-order valence-corrected chi connectivity index (χ4v) is 3.24. The summed E-state index contributed by atoms with van der Waals surface area (Å²) in [5.74, 6) is -1.93. The fourth-order valence-electron chi connectivity index (χ4n) is 3.24. The highest BCUT2D eigenvalue weighted by molar-refractivity contribution is 5.89. The fraction of sp³-hybridized carbons (Fsp3) is 0.368. The molecule has 0 unspecified atom stereocenters. The topological polar surface area (TPSA) is 80.0 Å². The van der Waals surface area contributed by atoms with E-state index in [1.165, 1.54) is 43.1 Å². The maximum absolute atomic E-state index is 12.6. The lowest BCUT2D eigenvalue weighted by molar-refractivity contribution is -0.274. The molecule has 3 rings (SSSR count). The Balaban J connectivity index is 1.67. The van der Waals surface area contributed by atoms with Gasteiger partial charge in [-0.2, -0.15) is 0 Å². The number of ether oxygens (including phenoxy) is 1. The lowest BCUT2D eigenvalue weighted by Gasteiger charge is -2.16. The van der Waals surface area contributed by atoms with E-state index < -0.39 is 18.2 Å². The van der Waals surface area contributed by atoms with Gasteiger partial charge in [0, 0.05) is 13.0 Å². The second kappa shape index (κ2) is 7.21. The number of nitrogens with zero attached hydrogens (tertiary/aromatic N) is 1. The van der Waals surface area contributed by atoms with Crippen LogP contribution in [0.25, 0.3) is 0 Å². The second-order valence-corrected chi connectivity index (χ2v) is 6.72. The molecule has 2 atom stereocenters. The number of rotatable bonds is 6. The molecule has 1 N–H and O–H groups in total. The molecule has 0 radical (unpaired) electrons. The maximum Gasteiger partial charge on any atom is 0.573 e. The van der Waals surface area contributed by atoms with Crippen LogP contribution in [0.4, 0.5) is 13.2 Å². The van der Waals surface area contributed by atoms with Crippen molar-refractivity contribution >= 4 is 11.9 Å². The number of carboxylic acids is 1. The van der Waals surface area contributed by atoms with Crippen LogP contribution in [-0.4, -0.2) is 35.3 Å². The molecule has 1 aliphatic rings. The van der Waals surface area contributed by atoms with Gasteiger partial charge in [-0.1, -0.05) is 18.2 Å². The van der Waals surface area contributed by atoms with Gasteiger partial charge in [0.05, 0.1) is 6.54 Å². The summed E-state index contributed by atoms with van der Waals surface area (Å²) in [6, 6.07) is 7.15. The number of furan rings is 1. The highest BCUT2D eigenvalue weighted by Gasteiger charge is 2.47. The van der Waals surface area contributed by atoms with Crippen molar-refractivity contribution in [2.24, 2.45) is 5.92 Å². The minimum Gasteiger partial charge on any atom is -0.478 e. The summed E-state index contributed by atoms with van der Waals surface area (Å²) in [6.45, 7) is 1.58. The van der Waals surface area contributed by atoms with E-state index in [1.807, 2.05) is 0 Å². The molecule has 9 heteroatoms. The normalized spacial score (nSPS) is 18.6. The van der Waals surface area contributed by atoms with Crippen molar-refractivity contribution in [2.75, 3.05) is 7.05 Å². The zero-order valence-corrected chi connectivity index (χ0v) is 15.1. The van der Waals surface area contributed by atoms with Crippen molar-refractivity contribution in [2.45, 2.75) is 32.2 Å². The number of aromatic carboxylic acids is 1. The first kappa shape index (κ1) is 19.8. The molecule has 0 bridgehead atoms. The number of alkyl halides is 3. The van der Waals surface area contributed by atoms with Gasteiger partial charge in [0.15, 0.2) is 0 Å². The Morgan fingerprint density at radius 2 is 2.00 bits per heavy atom. The molecule has 1 aromatic carbocycles. The van der Waals surface area contributed by atoms with Crippen molar-refractivity contribution in [1.82, 2.24) is 4.90 Å². The number of hydrogen-bond donors (Lipinski definition) is 1. The number of carboxylic acid groups (broad SMARTS) is 1. The number of hydrogen-bond acceptors (Lipinski definition) is 4. The number of halogens is 3. The first-order valence-electron chi connectivity index (χ1n) is 8.49. The lowest BCUT2D eigenvalue weighted by atomic mass is 10.1. The van der Waals surface area contributed by atoms with Crippen molar-refractivity contribution < 1.29 is 37.0 Å². The number of amides is 1. The van der Waals surface area contributed by atoms with E-state index in [0.29, 0.717) is 17.7 Å². The zero-order chi connectivity index (χ0) is 20.6. The van der Waals surface area contributed by atoms with Gasteiger partial charge in [-0.25, -0.2) is 4.79 Å². The number of carbonyl (C=O) groups excluding carboxylic acids is 1. The second-order valence-electron chi connectivity index (χ2n) is 6.72. The largest absolute Gasteiger partial charge is 0.573 e. The minimum atomic E-state index is -4.81. The van der Waals surface area contributed by atoms with Crippen molar-refractivity contribution in [1.29, 1.82) is 0 Å². The van der Waals surface area contributed by atoms with Crippen LogP contribution in [0.15, 0.2) is 34.7 Å². The molecule has 1 aromatic heterocycles. The molecule has 0 aliphatic heterocycles. The predicted octanol–water partition coefficient (Wildman–Crippen LogP) is 3.95. The summed E-state index contributed by atoms with van der Waals surface area (Å²) in [5.41, 5.74) is 0.368. The van der Waals surface area contributed by atoms with E-state index in [2.05, 4.69) is 4.74 Å². The van der Waals surface area contributed by atoms with Crippen LogP contribution in [0.2, 0.25) is 0 Å². The SMILES string of the molecule is Cc1oc(CN(C)C(=O)[C@@H]2C[C@H]2c2ccccc2OC(F)(F)F)cc1C(=O)O. The van der Waals surface area contributed by atoms with E-state index >= 15 is 0 Å². The number of carbonyl (C=O) groups is 2. The molecule has 0 spiro atoms. The van der Waals surface area contributed by atoms with Gasteiger partial charge in [0.2, 0.25) is 5.91 Å². The molecule has 1 amide bonds. The van der Waals surface area contributed by atoms with Crippen LogP contribution in [0, 0.1) is 12.8 Å². The third kappa shape index (κ3) is 4.29. The van der Waals surface area contributed by atoms with Gasteiger partial charge in [0.25, 0.3) is 0 Å². The molecule has 1 heterocycles. The summed E-state index contributed by atoms with van der Waals surface area (Å²) in [6.07, 6.45) is -4.39. The first-order valence-corrected chi connectivity index (χ1v) is 8.49. The Hall–Kier alpha value is -2.97. The van der Waals surface area contributed by atoms with Crippen LogP contribution in [-0.2, 0) is 11.3 Å². The Morgan fingerprint density at radius 3 is 2.61 bits per heavy atom. The Kier molecular flexibility index (Phi) is 5.10. The summed E-state index contributed by atoms with van der Waals surface area (Å²) in [7, 11) is 1.54. The smallest absolute Gasteiger partial charge is 0.478 e. The minimum absolute atomic E-state index is 0.0263. The van der Waals surface area contributed by atoms with Gasteiger partial charge < -0.3 is 19.2 Å². The van der Waals surface area contributed by atoms with Crippen molar-refractivity contribution in [3.63, 3.8) is 0 Å². The van der Waals surface area contributed by atoms with Crippen molar-refractivity contribution in [3.05, 3.63) is 53.0 Å². The maximum atomic E-state index is 12.6. The van der Waals surface area contributed by atoms with Crippen molar-refractivity contribution in [3.8, 4) is 5.75 Å². The van der Waals surface area contributed by atoms with Crippen LogP contribution >= 0.6 is 0 Å². The van der Waals surface area contributed by atoms with E-state index in [0.717, 1.165) is 0 Å². The number of aryl methyl sites for hydroxylation is 1. The van der Waals surface area contributed by atoms with Gasteiger partial charge in [-0.3, -0.25) is 4.79 Å². The van der Waals surface area contributed by atoms with E-state index in [9.17, 15) is 22.8 Å². The van der Waals surface area contributed by atoms with Gasteiger partial charge in [0.1, 0.15) is 22.8 Å². The molecule has 1 aliphatic carbocycles. The molecular formula is C19H18F3NO5. The zero-order valence-electron chi connectivity index (χ0n) is 15.1. The van der Waals surface area contributed by atoms with E-state index in [4.69, 9.17) is 9.52 Å². The summed E-state index contributed by atoms with van der Waals surface area (Å²) >= 11 is 0. The Bertz CT molecular complexity index is 905. The molecule has 150 valence electrons. The molecule has 0 saturated heterocycles. The lowest BCUT2D eigenvalue weighted by Crippen LogP contribution is -2.28. The van der Waals surface area contributed by atoms with Crippen LogP contribution in [0.1, 0.15) is 39.8 Å². The van der Waals surface area contributed by atoms with Crippen LogP contribution in [0.5, 0.6) is 5.75 Å². The summed E-state index contributed by atoms with van der Waals surface area (Å²) < 4.78 is 47.1. The standard InChI is InChI=1S/C19H18F3NO5/c1-10-13(18(25)26)7-11(27-10)9-23(2)17(24)15-8-14(15)12-5-3-4-6-16(12)28-19(20,21)22/h3-7,14-15H,8-9H2,1-2H3,(H,25,26)/t14-,15+/m0/s1. The number of para-hydroxylation sites is 1. The highest BCUT2D eigenvalue weighted by atomic mass is 19.4. The molecule has 6 nitrogen and oxygen atoms in total.